The van der Waals surface area contributed by atoms with Gasteiger partial charge < -0.3 is 15.0 Å². The van der Waals surface area contributed by atoms with Crippen molar-refractivity contribution in [2.45, 2.75) is 50.6 Å². The molecule has 2 fully saturated rings. The number of rotatable bonds is 6. The Bertz CT molecular complexity index is 986. The van der Waals surface area contributed by atoms with Gasteiger partial charge >= 0.3 is 0 Å². The van der Waals surface area contributed by atoms with Crippen molar-refractivity contribution in [2.24, 2.45) is 11.8 Å². The molecule has 0 amide bonds. The zero-order valence-corrected chi connectivity index (χ0v) is 20.0. The lowest BCUT2D eigenvalue weighted by Gasteiger charge is -2.38. The van der Waals surface area contributed by atoms with Gasteiger partial charge in [-0.05, 0) is 69.0 Å². The van der Waals surface area contributed by atoms with Crippen molar-refractivity contribution >= 4 is 21.5 Å². The number of aromatic nitrogens is 2. The zero-order chi connectivity index (χ0) is 24.0. The number of nitrogens with zero attached hydrogens (tertiary/aromatic N) is 3. The number of nitrogens with one attached hydrogen (secondary N) is 1. The number of likely N-dealkylation sites (tertiary alicyclic amines) is 1. The van der Waals surface area contributed by atoms with Gasteiger partial charge in [0.15, 0.2) is 11.6 Å². The maximum absolute atomic E-state index is 14.0. The second kappa shape index (κ2) is 8.95. The molecule has 5 nitrogen and oxygen atoms in total. The summed E-state index contributed by atoms with van der Waals surface area (Å²) in [6.45, 7) is 9.06. The summed E-state index contributed by atoms with van der Waals surface area (Å²) in [5.74, 6) is -1.41. The summed E-state index contributed by atoms with van der Waals surface area (Å²) in [6, 6.07) is 4.94. The number of anilines is 1. The van der Waals surface area contributed by atoms with Crippen molar-refractivity contribution in [1.29, 1.82) is 0 Å². The van der Waals surface area contributed by atoms with Gasteiger partial charge in [0, 0.05) is 30.8 Å². The second-order valence-corrected chi connectivity index (χ2v) is 11.0. The zero-order valence-electron chi connectivity index (χ0n) is 20.0. The molecule has 10 heteroatoms. The SMILES string of the molecule is BC(B)(COC(C)(C)C)N1C[C@H]2C[C@H](Nc3ccc(-c4cc(F)cc(F)c4F)nn3)C[C@H]2C1. The summed E-state index contributed by atoms with van der Waals surface area (Å²) in [5, 5.41) is 11.5. The van der Waals surface area contributed by atoms with Crippen LogP contribution in [0.4, 0.5) is 19.0 Å². The molecule has 0 radical (unpaired) electrons. The average Bonchev–Trinajstić information content (AvgIpc) is 3.29. The molecule has 1 aromatic carbocycles. The van der Waals surface area contributed by atoms with E-state index in [1.54, 1.807) is 6.07 Å². The maximum Gasteiger partial charge on any atom is 0.168 e. The van der Waals surface area contributed by atoms with Crippen molar-refractivity contribution < 1.29 is 17.9 Å². The molecule has 2 aliphatic rings. The van der Waals surface area contributed by atoms with Crippen LogP contribution in [0.2, 0.25) is 0 Å². The third-order valence-electron chi connectivity index (χ3n) is 6.75. The number of hydrogen-bond acceptors (Lipinski definition) is 5. The molecular formula is C23H31B2F3N4O. The van der Waals surface area contributed by atoms with Crippen LogP contribution in [0.3, 0.4) is 0 Å². The van der Waals surface area contributed by atoms with Crippen LogP contribution in [-0.4, -0.2) is 67.5 Å². The third kappa shape index (κ3) is 5.54. The Hall–Kier alpha value is -2.06. The predicted molar refractivity (Wildman–Crippen MR) is 128 cm³/mol. The van der Waals surface area contributed by atoms with Crippen LogP contribution in [0, 0.1) is 29.3 Å². The Morgan fingerprint density at radius 1 is 1.06 bits per heavy atom. The highest BCUT2D eigenvalue weighted by molar-refractivity contribution is 6.40. The number of benzene rings is 1. The maximum atomic E-state index is 14.0. The number of ether oxygens (including phenoxy) is 1. The molecule has 1 N–H and O–H groups in total. The van der Waals surface area contributed by atoms with Gasteiger partial charge in [-0.25, -0.2) is 13.2 Å². The topological polar surface area (TPSA) is 50.3 Å². The number of hydrogen-bond donors (Lipinski definition) is 1. The Kier molecular flexibility index (Phi) is 6.53. The van der Waals surface area contributed by atoms with Gasteiger partial charge in [-0.3, -0.25) is 0 Å². The monoisotopic (exact) mass is 458 g/mol. The highest BCUT2D eigenvalue weighted by Gasteiger charge is 2.45. The summed E-state index contributed by atoms with van der Waals surface area (Å²) in [7, 11) is 4.50. The normalized spacial score (nSPS) is 23.6. The first-order valence-corrected chi connectivity index (χ1v) is 11.6. The lowest BCUT2D eigenvalue weighted by Crippen LogP contribution is -2.54. The first-order chi connectivity index (χ1) is 15.4. The molecule has 0 spiro atoms. The third-order valence-corrected chi connectivity index (χ3v) is 6.75. The highest BCUT2D eigenvalue weighted by atomic mass is 19.2. The molecule has 1 saturated carbocycles. The van der Waals surface area contributed by atoms with E-state index in [9.17, 15) is 13.2 Å². The first-order valence-electron chi connectivity index (χ1n) is 11.6. The Morgan fingerprint density at radius 3 is 2.30 bits per heavy atom. The van der Waals surface area contributed by atoms with Crippen molar-refractivity contribution in [3.05, 3.63) is 41.7 Å². The summed E-state index contributed by atoms with van der Waals surface area (Å²) in [4.78, 5) is 2.55. The van der Waals surface area contributed by atoms with E-state index in [4.69, 9.17) is 4.74 Å². The second-order valence-electron chi connectivity index (χ2n) is 11.0. The van der Waals surface area contributed by atoms with E-state index in [0.717, 1.165) is 32.0 Å². The van der Waals surface area contributed by atoms with Crippen LogP contribution < -0.4 is 5.32 Å². The fourth-order valence-corrected chi connectivity index (χ4v) is 4.90. The Morgan fingerprint density at radius 2 is 1.73 bits per heavy atom. The lowest BCUT2D eigenvalue weighted by atomic mass is 9.61. The quantitative estimate of drug-likeness (QED) is 0.533. The van der Waals surface area contributed by atoms with E-state index in [-0.39, 0.29) is 22.2 Å². The van der Waals surface area contributed by atoms with E-state index in [1.807, 2.05) is 0 Å². The van der Waals surface area contributed by atoms with E-state index in [1.165, 1.54) is 6.07 Å². The number of fused-ring (bicyclic) bond motifs is 1. The molecule has 1 saturated heterocycles. The minimum atomic E-state index is -1.24. The molecule has 2 aromatic rings. The minimum Gasteiger partial charge on any atom is -0.375 e. The fraction of sp³-hybridized carbons (Fsp3) is 0.565. The summed E-state index contributed by atoms with van der Waals surface area (Å²) in [6.07, 6.45) is 2.09. The molecule has 1 aliphatic carbocycles. The van der Waals surface area contributed by atoms with E-state index in [2.05, 4.69) is 56.9 Å². The number of halogens is 3. The van der Waals surface area contributed by atoms with Crippen LogP contribution >= 0.6 is 0 Å². The molecule has 176 valence electrons. The smallest absolute Gasteiger partial charge is 0.168 e. The van der Waals surface area contributed by atoms with Crippen LogP contribution in [0.15, 0.2) is 24.3 Å². The summed E-state index contributed by atoms with van der Waals surface area (Å²) >= 11 is 0. The average molecular weight is 458 g/mol. The molecule has 0 unspecified atom stereocenters. The minimum absolute atomic E-state index is 0.00644. The van der Waals surface area contributed by atoms with E-state index < -0.39 is 17.5 Å². The van der Waals surface area contributed by atoms with E-state index in [0.29, 0.717) is 36.4 Å². The Labute approximate surface area is 195 Å². The predicted octanol–water partition coefficient (Wildman–Crippen LogP) is 2.42. The Balaban J connectivity index is 1.33. The van der Waals surface area contributed by atoms with Crippen LogP contribution in [-0.2, 0) is 4.74 Å². The van der Waals surface area contributed by atoms with E-state index >= 15 is 0 Å². The van der Waals surface area contributed by atoms with Crippen molar-refractivity contribution in [2.75, 3.05) is 25.0 Å². The van der Waals surface area contributed by atoms with Crippen molar-refractivity contribution in [1.82, 2.24) is 15.1 Å². The standard InChI is InChI=1S/C23H31B2F3N4O/c1-22(2,3)33-12-23(24,25)32-10-13-6-16(7-14(13)11-32)29-20-5-4-19(30-31-20)17-8-15(26)9-18(27)21(17)28/h4-5,8-9,13-14,16H,6-7,10-12,24-25H2,1-3H3,(H,29,31)/t13-,14+,16+. The van der Waals surface area contributed by atoms with Crippen molar-refractivity contribution in [3.8, 4) is 11.3 Å². The molecule has 2 heterocycles. The largest absolute Gasteiger partial charge is 0.375 e. The first kappa shape index (κ1) is 24.1. The molecule has 33 heavy (non-hydrogen) atoms. The molecule has 1 aromatic heterocycles. The van der Waals surface area contributed by atoms with Gasteiger partial charge in [0.2, 0.25) is 0 Å². The van der Waals surface area contributed by atoms with Gasteiger partial charge in [0.1, 0.15) is 27.3 Å². The fourth-order valence-electron chi connectivity index (χ4n) is 4.90. The van der Waals surface area contributed by atoms with Crippen molar-refractivity contribution in [3.63, 3.8) is 0 Å². The lowest BCUT2D eigenvalue weighted by molar-refractivity contribution is -0.0268. The molecule has 3 atom stereocenters. The van der Waals surface area contributed by atoms with Crippen LogP contribution in [0.5, 0.6) is 0 Å². The summed E-state index contributed by atoms with van der Waals surface area (Å²) < 4.78 is 47.0. The summed E-state index contributed by atoms with van der Waals surface area (Å²) in [5.41, 5.74) is -0.289. The molecule has 4 rings (SSSR count). The van der Waals surface area contributed by atoms with Gasteiger partial charge in [-0.1, -0.05) is 0 Å². The molecular weight excluding hydrogens is 427 g/mol. The van der Waals surface area contributed by atoms with Gasteiger partial charge in [-0.2, -0.15) is 0 Å². The van der Waals surface area contributed by atoms with Gasteiger partial charge in [-0.15, -0.1) is 10.2 Å². The molecule has 1 aliphatic heterocycles. The van der Waals surface area contributed by atoms with Crippen LogP contribution in [0.25, 0.3) is 11.3 Å². The van der Waals surface area contributed by atoms with Gasteiger partial charge in [0.25, 0.3) is 0 Å². The van der Waals surface area contributed by atoms with Gasteiger partial charge in [0.05, 0.1) is 17.9 Å². The van der Waals surface area contributed by atoms with Crippen LogP contribution in [0.1, 0.15) is 33.6 Å². The molecule has 0 bridgehead atoms. The highest BCUT2D eigenvalue weighted by Crippen LogP contribution is 2.41.